The van der Waals surface area contributed by atoms with E-state index in [0.29, 0.717) is 11.4 Å². The second-order valence-corrected chi connectivity index (χ2v) is 7.76. The minimum atomic E-state index is -4.86. The summed E-state index contributed by atoms with van der Waals surface area (Å²) in [6, 6.07) is 15.4. The molecule has 1 radical (unpaired) electrons. The number of fused-ring (bicyclic) bond motifs is 1. The van der Waals surface area contributed by atoms with Crippen molar-refractivity contribution >= 4 is 32.3 Å². The van der Waals surface area contributed by atoms with Crippen LogP contribution in [0.5, 0.6) is 11.6 Å². The standard InChI is InChI=1S/C20H16N4O5S.Cr.Na.H2O/c1-12-18(20(26)24(23-12)13-7-3-2-4-8-13)21-22-19-15-10-6-5-9-14(15)17(11-16(19)25)30(27,28)29;;;/h2-11,25-26H,1H3,(H,27,28,29);;;1H2/q;+3;+1;/p-3. The van der Waals surface area contributed by atoms with E-state index in [1.54, 1.807) is 43.3 Å². The summed E-state index contributed by atoms with van der Waals surface area (Å²) in [6.07, 6.45) is 0. The molecule has 0 spiro atoms. The van der Waals surface area contributed by atoms with Crippen LogP contribution in [0.15, 0.2) is 75.8 Å². The average Bonchev–Trinajstić information content (AvgIpc) is 3.00. The number of hydrogen-bond acceptors (Lipinski definition) is 8. The summed E-state index contributed by atoms with van der Waals surface area (Å²) in [5.74, 6) is -1.31. The minimum absolute atomic E-state index is 0. The van der Waals surface area contributed by atoms with E-state index in [1.165, 1.54) is 22.9 Å². The van der Waals surface area contributed by atoms with E-state index in [1.807, 2.05) is 0 Å². The van der Waals surface area contributed by atoms with E-state index in [0.717, 1.165) is 6.07 Å². The molecule has 4 rings (SSSR count). The van der Waals surface area contributed by atoms with Gasteiger partial charge in [0.15, 0.2) is 0 Å². The predicted molar refractivity (Wildman–Crippen MR) is 107 cm³/mol. The number of aromatic nitrogens is 2. The van der Waals surface area contributed by atoms with Crippen LogP contribution >= 0.6 is 0 Å². The molecule has 3 aromatic carbocycles. The van der Waals surface area contributed by atoms with Gasteiger partial charge < -0.3 is 20.2 Å². The van der Waals surface area contributed by atoms with Gasteiger partial charge in [0.2, 0.25) is 0 Å². The maximum absolute atomic E-state index is 12.7. The summed E-state index contributed by atoms with van der Waals surface area (Å²) in [7, 11) is -4.86. The smallest absolute Gasteiger partial charge is 0.871 e. The summed E-state index contributed by atoms with van der Waals surface area (Å²) < 4.78 is 35.7. The van der Waals surface area contributed by atoms with Crippen molar-refractivity contribution in [2.75, 3.05) is 0 Å². The van der Waals surface area contributed by atoms with Gasteiger partial charge in [0.25, 0.3) is 0 Å². The molecule has 4 aromatic rings. The average molecular weight is 514 g/mol. The fourth-order valence-electron chi connectivity index (χ4n) is 3.07. The van der Waals surface area contributed by atoms with Crippen LogP contribution in [0.25, 0.3) is 16.5 Å². The molecule has 163 valence electrons. The van der Waals surface area contributed by atoms with Gasteiger partial charge in [0, 0.05) is 16.7 Å². The quantitative estimate of drug-likeness (QED) is 0.191. The summed E-state index contributed by atoms with van der Waals surface area (Å²) in [4.78, 5) is -0.625. The molecule has 0 bridgehead atoms. The molecule has 0 atom stereocenters. The van der Waals surface area contributed by atoms with E-state index >= 15 is 0 Å². The van der Waals surface area contributed by atoms with Crippen LogP contribution in [0.1, 0.15) is 5.69 Å². The van der Waals surface area contributed by atoms with Crippen LogP contribution in [0, 0.1) is 6.92 Å². The summed E-state index contributed by atoms with van der Waals surface area (Å²) in [6.45, 7) is 1.58. The molecule has 33 heavy (non-hydrogen) atoms. The Hall–Kier alpha value is -2.27. The van der Waals surface area contributed by atoms with Crippen molar-refractivity contribution in [1.29, 1.82) is 0 Å². The summed E-state index contributed by atoms with van der Waals surface area (Å²) in [5, 5.41) is 37.4. The third-order valence-corrected chi connectivity index (χ3v) is 5.33. The van der Waals surface area contributed by atoms with Gasteiger partial charge in [0.05, 0.1) is 22.0 Å². The second-order valence-electron chi connectivity index (χ2n) is 6.41. The van der Waals surface area contributed by atoms with E-state index in [9.17, 15) is 23.2 Å². The molecule has 2 N–H and O–H groups in total. The molecule has 0 aliphatic rings. The third-order valence-electron chi connectivity index (χ3n) is 4.45. The first-order chi connectivity index (χ1) is 14.3. The number of azo groups is 1. The van der Waals surface area contributed by atoms with Crippen LogP contribution in [-0.2, 0) is 27.5 Å². The van der Waals surface area contributed by atoms with E-state index < -0.39 is 26.6 Å². The van der Waals surface area contributed by atoms with Crippen LogP contribution in [-0.4, -0.2) is 28.2 Å². The van der Waals surface area contributed by atoms with Gasteiger partial charge >= 0.3 is 46.9 Å². The van der Waals surface area contributed by atoms with Crippen LogP contribution < -0.4 is 39.8 Å². The Labute approximate surface area is 222 Å². The number of rotatable bonds is 4. The minimum Gasteiger partial charge on any atom is -0.871 e. The SMILES string of the molecule is Cc1nn(-c2ccccc2)c([O-])c1N=Nc1c([O-])cc(S(=O)(=O)[O-])c2ccccc12.O.[Cr+3].[Na+]. The molecule has 10 nitrogen and oxygen atoms in total. The Morgan fingerprint density at radius 1 is 0.909 bits per heavy atom. The van der Waals surface area contributed by atoms with Gasteiger partial charge in [-0.25, -0.2) is 13.1 Å². The van der Waals surface area contributed by atoms with Gasteiger partial charge in [-0.2, -0.15) is 10.2 Å². The molecule has 1 aromatic heterocycles. The number of para-hydroxylation sites is 1. The summed E-state index contributed by atoms with van der Waals surface area (Å²) in [5.41, 5.74) is 0.627. The van der Waals surface area contributed by atoms with Gasteiger partial charge in [-0.15, -0.1) is 5.11 Å². The normalized spacial score (nSPS) is 11.0. The molecule has 0 aliphatic carbocycles. The van der Waals surface area contributed by atoms with Gasteiger partial charge in [-0.05, 0) is 25.1 Å². The maximum atomic E-state index is 12.7. The Kier molecular flexibility index (Phi) is 9.80. The molecule has 0 amide bonds. The van der Waals surface area contributed by atoms with E-state index in [-0.39, 0.29) is 74.5 Å². The zero-order valence-electron chi connectivity index (χ0n) is 17.4. The van der Waals surface area contributed by atoms with Gasteiger partial charge in [-0.1, -0.05) is 48.2 Å². The molecule has 0 aliphatic heterocycles. The Morgan fingerprint density at radius 2 is 1.45 bits per heavy atom. The van der Waals surface area contributed by atoms with Crippen molar-refractivity contribution in [3.05, 3.63) is 66.4 Å². The number of benzene rings is 3. The van der Waals surface area contributed by atoms with Crippen molar-refractivity contribution < 1.29 is 75.6 Å². The van der Waals surface area contributed by atoms with Crippen LogP contribution in [0.3, 0.4) is 0 Å². The van der Waals surface area contributed by atoms with Crippen molar-refractivity contribution in [3.63, 3.8) is 0 Å². The molecule has 0 unspecified atom stereocenters. The molecule has 0 fully saturated rings. The monoisotopic (exact) mass is 514 g/mol. The Morgan fingerprint density at radius 3 is 2.06 bits per heavy atom. The number of aryl methyl sites for hydroxylation is 1. The zero-order chi connectivity index (χ0) is 21.5. The van der Waals surface area contributed by atoms with Crippen LogP contribution in [0.4, 0.5) is 11.4 Å². The summed E-state index contributed by atoms with van der Waals surface area (Å²) >= 11 is 0. The van der Waals surface area contributed by atoms with Crippen molar-refractivity contribution in [2.45, 2.75) is 11.8 Å². The fraction of sp³-hybridized carbons (Fsp3) is 0.0500. The van der Waals surface area contributed by atoms with Crippen molar-refractivity contribution in [1.82, 2.24) is 9.78 Å². The van der Waals surface area contributed by atoms with Gasteiger partial charge in [0.1, 0.15) is 15.8 Å². The number of nitrogens with zero attached hydrogens (tertiary/aromatic N) is 4. The first-order valence-electron chi connectivity index (χ1n) is 8.70. The molecule has 0 saturated heterocycles. The first kappa shape index (κ1) is 28.8. The molecular formula is C20H15CrN4NaO6S+. The zero-order valence-corrected chi connectivity index (χ0v) is 21.5. The van der Waals surface area contributed by atoms with Crippen molar-refractivity contribution in [2.24, 2.45) is 10.2 Å². The molecule has 1 heterocycles. The fourth-order valence-corrected chi connectivity index (χ4v) is 3.77. The maximum Gasteiger partial charge on any atom is 3.00 e. The largest absolute Gasteiger partial charge is 3.00 e. The second kappa shape index (κ2) is 11.2. The molecule has 0 saturated carbocycles. The Balaban J connectivity index is 0.00000181. The van der Waals surface area contributed by atoms with Gasteiger partial charge in [-0.3, -0.25) is 0 Å². The first-order valence-corrected chi connectivity index (χ1v) is 10.1. The Bertz CT molecular complexity index is 1410. The molecular weight excluding hydrogens is 499 g/mol. The number of hydrogen-bond donors (Lipinski definition) is 0. The van der Waals surface area contributed by atoms with E-state index in [4.69, 9.17) is 0 Å². The molecule has 13 heteroatoms. The third kappa shape index (κ3) is 5.63. The topological polar surface area (TPSA) is 177 Å². The predicted octanol–water partition coefficient (Wildman–Crippen LogP) is -1.02. The van der Waals surface area contributed by atoms with Crippen molar-refractivity contribution in [3.8, 4) is 17.3 Å². The van der Waals surface area contributed by atoms with Crippen LogP contribution in [0.2, 0.25) is 0 Å². The van der Waals surface area contributed by atoms with E-state index in [2.05, 4.69) is 15.3 Å².